The highest BCUT2D eigenvalue weighted by atomic mass is 16.5. The summed E-state index contributed by atoms with van der Waals surface area (Å²) in [5, 5.41) is 0. The van der Waals surface area contributed by atoms with Gasteiger partial charge in [0.1, 0.15) is 11.5 Å². The molecule has 0 unspecified atom stereocenters. The van der Waals surface area contributed by atoms with Crippen molar-refractivity contribution in [3.8, 4) is 11.5 Å². The fraction of sp³-hybridized carbons (Fsp3) is 0.381. The molecular formula is C21H26N2O3. The number of piperazine rings is 1. The van der Waals surface area contributed by atoms with Gasteiger partial charge < -0.3 is 19.3 Å². The van der Waals surface area contributed by atoms with Crippen molar-refractivity contribution in [2.24, 2.45) is 0 Å². The number of hydrogen-bond donors (Lipinski definition) is 0. The Kier molecular flexibility index (Phi) is 5.66. The van der Waals surface area contributed by atoms with Crippen molar-refractivity contribution in [1.82, 2.24) is 4.90 Å². The van der Waals surface area contributed by atoms with Gasteiger partial charge in [-0.25, -0.2) is 0 Å². The van der Waals surface area contributed by atoms with Gasteiger partial charge in [-0.2, -0.15) is 0 Å². The summed E-state index contributed by atoms with van der Waals surface area (Å²) in [6.07, 6.45) is 0. The standard InChI is InChI=1S/C21H26N2O3/c1-4-26-20-9-8-17(14-16(20)2)21(24)23-12-10-22(11-13-23)18-6-5-7-19(15-18)25-3/h5-9,14-15H,4,10-13H2,1-3H3. The summed E-state index contributed by atoms with van der Waals surface area (Å²) < 4.78 is 10.9. The Hall–Kier alpha value is -2.69. The Bertz CT molecular complexity index is 768. The van der Waals surface area contributed by atoms with E-state index in [4.69, 9.17) is 9.47 Å². The first-order chi connectivity index (χ1) is 12.6. The van der Waals surface area contributed by atoms with Gasteiger partial charge >= 0.3 is 0 Å². The summed E-state index contributed by atoms with van der Waals surface area (Å²) in [7, 11) is 1.68. The van der Waals surface area contributed by atoms with Crippen LogP contribution in [0.2, 0.25) is 0 Å². The first-order valence-corrected chi connectivity index (χ1v) is 9.04. The maximum Gasteiger partial charge on any atom is 0.253 e. The molecular weight excluding hydrogens is 328 g/mol. The molecule has 2 aromatic carbocycles. The molecule has 26 heavy (non-hydrogen) atoms. The highest BCUT2D eigenvalue weighted by Gasteiger charge is 2.23. The Morgan fingerprint density at radius 1 is 1.08 bits per heavy atom. The van der Waals surface area contributed by atoms with Crippen LogP contribution in [0.3, 0.4) is 0 Å². The lowest BCUT2D eigenvalue weighted by molar-refractivity contribution is 0.0746. The maximum atomic E-state index is 12.8. The number of ether oxygens (including phenoxy) is 2. The number of rotatable bonds is 5. The SMILES string of the molecule is CCOc1ccc(C(=O)N2CCN(c3cccc(OC)c3)CC2)cc1C. The highest BCUT2D eigenvalue weighted by molar-refractivity contribution is 5.94. The Morgan fingerprint density at radius 3 is 2.50 bits per heavy atom. The van der Waals surface area contributed by atoms with Crippen molar-refractivity contribution >= 4 is 11.6 Å². The second-order valence-corrected chi connectivity index (χ2v) is 6.39. The molecule has 0 aliphatic carbocycles. The number of carbonyl (C=O) groups is 1. The van der Waals surface area contributed by atoms with Crippen LogP contribution in [0, 0.1) is 6.92 Å². The van der Waals surface area contributed by atoms with Crippen LogP contribution in [0.1, 0.15) is 22.8 Å². The molecule has 1 saturated heterocycles. The summed E-state index contributed by atoms with van der Waals surface area (Å²) in [4.78, 5) is 17.0. The van der Waals surface area contributed by atoms with Gasteiger partial charge in [-0.05, 0) is 49.7 Å². The van der Waals surface area contributed by atoms with E-state index >= 15 is 0 Å². The van der Waals surface area contributed by atoms with E-state index in [1.807, 2.05) is 55.1 Å². The molecule has 0 atom stereocenters. The summed E-state index contributed by atoms with van der Waals surface area (Å²) >= 11 is 0. The van der Waals surface area contributed by atoms with E-state index in [2.05, 4.69) is 11.0 Å². The molecule has 5 nitrogen and oxygen atoms in total. The van der Waals surface area contributed by atoms with Gasteiger partial charge in [-0.1, -0.05) is 6.07 Å². The van der Waals surface area contributed by atoms with E-state index in [1.165, 1.54) is 0 Å². The second kappa shape index (κ2) is 8.13. The number of carbonyl (C=O) groups excluding carboxylic acids is 1. The van der Waals surface area contributed by atoms with E-state index < -0.39 is 0 Å². The lowest BCUT2D eigenvalue weighted by Gasteiger charge is -2.36. The van der Waals surface area contributed by atoms with Crippen molar-refractivity contribution in [2.75, 3.05) is 44.8 Å². The molecule has 1 fully saturated rings. The van der Waals surface area contributed by atoms with Crippen LogP contribution in [-0.2, 0) is 0 Å². The normalized spacial score (nSPS) is 14.3. The van der Waals surface area contributed by atoms with E-state index in [0.29, 0.717) is 19.7 Å². The molecule has 1 aliphatic heterocycles. The molecule has 0 bridgehead atoms. The van der Waals surface area contributed by atoms with Gasteiger partial charge in [0.25, 0.3) is 5.91 Å². The lowest BCUT2D eigenvalue weighted by atomic mass is 10.1. The van der Waals surface area contributed by atoms with Crippen LogP contribution >= 0.6 is 0 Å². The van der Waals surface area contributed by atoms with Gasteiger partial charge in [0.05, 0.1) is 13.7 Å². The van der Waals surface area contributed by atoms with Crippen LogP contribution < -0.4 is 14.4 Å². The van der Waals surface area contributed by atoms with Crippen molar-refractivity contribution in [3.63, 3.8) is 0 Å². The molecule has 0 saturated carbocycles. The molecule has 1 amide bonds. The molecule has 1 heterocycles. The quantitative estimate of drug-likeness (QED) is 0.826. The minimum atomic E-state index is 0.0847. The maximum absolute atomic E-state index is 12.8. The van der Waals surface area contributed by atoms with E-state index in [9.17, 15) is 4.79 Å². The third-order valence-electron chi connectivity index (χ3n) is 4.71. The number of amides is 1. The third-order valence-corrected chi connectivity index (χ3v) is 4.71. The molecule has 5 heteroatoms. The van der Waals surface area contributed by atoms with Gasteiger partial charge in [0.2, 0.25) is 0 Å². The zero-order valence-electron chi connectivity index (χ0n) is 15.7. The zero-order valence-corrected chi connectivity index (χ0v) is 15.7. The average Bonchev–Trinajstić information content (AvgIpc) is 2.69. The van der Waals surface area contributed by atoms with Gasteiger partial charge in [0, 0.05) is 43.5 Å². The van der Waals surface area contributed by atoms with Crippen LogP contribution in [0.25, 0.3) is 0 Å². The van der Waals surface area contributed by atoms with E-state index in [-0.39, 0.29) is 5.91 Å². The largest absolute Gasteiger partial charge is 0.497 e. The summed E-state index contributed by atoms with van der Waals surface area (Å²) in [6, 6.07) is 13.7. The number of nitrogens with zero attached hydrogens (tertiary/aromatic N) is 2. The van der Waals surface area contributed by atoms with Crippen LogP contribution in [0.5, 0.6) is 11.5 Å². The summed E-state index contributed by atoms with van der Waals surface area (Å²) in [5.74, 6) is 1.78. The monoisotopic (exact) mass is 354 g/mol. The molecule has 0 aromatic heterocycles. The summed E-state index contributed by atoms with van der Waals surface area (Å²) in [5.41, 5.74) is 2.85. The van der Waals surface area contributed by atoms with Crippen molar-refractivity contribution in [2.45, 2.75) is 13.8 Å². The number of hydrogen-bond acceptors (Lipinski definition) is 4. The third kappa shape index (κ3) is 3.93. The first-order valence-electron chi connectivity index (χ1n) is 9.04. The van der Waals surface area contributed by atoms with E-state index in [0.717, 1.165) is 41.4 Å². The van der Waals surface area contributed by atoms with Crippen molar-refractivity contribution < 1.29 is 14.3 Å². The lowest BCUT2D eigenvalue weighted by Crippen LogP contribution is -2.48. The average molecular weight is 354 g/mol. The second-order valence-electron chi connectivity index (χ2n) is 6.39. The molecule has 0 N–H and O–H groups in total. The van der Waals surface area contributed by atoms with Gasteiger partial charge in [-0.3, -0.25) is 4.79 Å². The molecule has 2 aromatic rings. The molecule has 0 radical (unpaired) electrons. The number of benzene rings is 2. The van der Waals surface area contributed by atoms with Gasteiger partial charge in [0.15, 0.2) is 0 Å². The molecule has 0 spiro atoms. The molecule has 1 aliphatic rings. The van der Waals surface area contributed by atoms with Crippen LogP contribution in [0.4, 0.5) is 5.69 Å². The fourth-order valence-corrected chi connectivity index (χ4v) is 3.26. The predicted octanol–water partition coefficient (Wildman–Crippen LogP) is 3.36. The minimum Gasteiger partial charge on any atom is -0.497 e. The number of anilines is 1. The van der Waals surface area contributed by atoms with Gasteiger partial charge in [-0.15, -0.1) is 0 Å². The summed E-state index contributed by atoms with van der Waals surface area (Å²) in [6.45, 7) is 7.61. The molecule has 138 valence electrons. The van der Waals surface area contributed by atoms with E-state index in [1.54, 1.807) is 7.11 Å². The smallest absolute Gasteiger partial charge is 0.253 e. The number of aryl methyl sites for hydroxylation is 1. The Labute approximate surface area is 155 Å². The van der Waals surface area contributed by atoms with Crippen molar-refractivity contribution in [1.29, 1.82) is 0 Å². The molecule has 3 rings (SSSR count). The first kappa shape index (κ1) is 18.1. The number of methoxy groups -OCH3 is 1. The van der Waals surface area contributed by atoms with Crippen LogP contribution in [-0.4, -0.2) is 50.7 Å². The van der Waals surface area contributed by atoms with Crippen molar-refractivity contribution in [3.05, 3.63) is 53.6 Å². The highest BCUT2D eigenvalue weighted by Crippen LogP contribution is 2.23. The Morgan fingerprint density at radius 2 is 1.85 bits per heavy atom. The fourth-order valence-electron chi connectivity index (χ4n) is 3.26. The minimum absolute atomic E-state index is 0.0847. The topological polar surface area (TPSA) is 42.0 Å². The Balaban J connectivity index is 1.64. The zero-order chi connectivity index (χ0) is 18.5. The van der Waals surface area contributed by atoms with Crippen LogP contribution in [0.15, 0.2) is 42.5 Å². The predicted molar refractivity (Wildman–Crippen MR) is 103 cm³/mol.